The molecule has 212 valence electrons. The molecule has 0 atom stereocenters. The molecule has 4 heterocycles. The summed E-state index contributed by atoms with van der Waals surface area (Å²) in [6.45, 7) is 0. The molecule has 11 rings (SSSR count). The van der Waals surface area contributed by atoms with Crippen LogP contribution in [0.15, 0.2) is 144 Å². The second kappa shape index (κ2) is 8.68. The molecule has 0 aliphatic carbocycles. The van der Waals surface area contributed by atoms with Crippen molar-refractivity contribution in [2.24, 2.45) is 0 Å². The van der Waals surface area contributed by atoms with Crippen molar-refractivity contribution in [3.05, 3.63) is 140 Å². The number of benzene rings is 7. The molecule has 4 heteroatoms. The maximum atomic E-state index is 6.43. The van der Waals surface area contributed by atoms with Crippen molar-refractivity contribution in [3.8, 4) is 39.3 Å². The van der Waals surface area contributed by atoms with E-state index in [1.54, 1.807) is 0 Å². The van der Waals surface area contributed by atoms with E-state index in [1.807, 2.05) is 24.3 Å². The highest BCUT2D eigenvalue weighted by molar-refractivity contribution is 6.17. The van der Waals surface area contributed by atoms with Gasteiger partial charge in [-0.2, -0.15) is 0 Å². The van der Waals surface area contributed by atoms with Crippen LogP contribution in [0.2, 0.25) is 0 Å². The maximum absolute atomic E-state index is 6.43. The first-order valence-corrected chi connectivity index (χ1v) is 15.6. The van der Waals surface area contributed by atoms with Crippen LogP contribution in [0.1, 0.15) is 0 Å². The fraction of sp³-hybridized carbons (Fsp3) is 0. The van der Waals surface area contributed by atoms with Crippen molar-refractivity contribution in [1.82, 2.24) is 14.5 Å². The smallest absolute Gasteiger partial charge is 0.165 e. The van der Waals surface area contributed by atoms with E-state index in [2.05, 4.69) is 120 Å². The first-order chi connectivity index (χ1) is 22.8. The summed E-state index contributed by atoms with van der Waals surface area (Å²) in [5.41, 5.74) is 12.5. The molecule has 0 spiro atoms. The predicted molar refractivity (Wildman–Crippen MR) is 189 cm³/mol. The average molecular weight is 586 g/mol. The third-order valence-corrected chi connectivity index (χ3v) is 9.70. The van der Waals surface area contributed by atoms with Gasteiger partial charge in [-0.1, -0.05) is 91.0 Å². The van der Waals surface area contributed by atoms with Crippen molar-refractivity contribution in [2.75, 3.05) is 0 Å². The molecule has 0 saturated heterocycles. The molecule has 7 aromatic carbocycles. The Balaban J connectivity index is 1.17. The van der Waals surface area contributed by atoms with E-state index in [0.29, 0.717) is 0 Å². The Bertz CT molecular complexity index is 2930. The summed E-state index contributed by atoms with van der Waals surface area (Å²) in [7, 11) is 0. The molecule has 1 aliphatic heterocycles. The van der Waals surface area contributed by atoms with E-state index < -0.39 is 0 Å². The third kappa shape index (κ3) is 3.17. The minimum Gasteiger partial charge on any atom is -0.456 e. The Hall–Kier alpha value is -6.26. The first-order valence-electron chi connectivity index (χ1n) is 15.6. The van der Waals surface area contributed by atoms with Gasteiger partial charge in [0, 0.05) is 32.7 Å². The molecular weight excluding hydrogens is 562 g/mol. The van der Waals surface area contributed by atoms with Crippen LogP contribution in [-0.4, -0.2) is 14.5 Å². The molecule has 0 radical (unpaired) electrons. The lowest BCUT2D eigenvalue weighted by molar-refractivity contribution is 0.669. The predicted octanol–water partition coefficient (Wildman–Crippen LogP) is 11.1. The molecule has 0 bridgehead atoms. The van der Waals surface area contributed by atoms with Crippen LogP contribution in [0.4, 0.5) is 0 Å². The molecule has 0 amide bonds. The molecule has 0 saturated carbocycles. The number of rotatable bonds is 1. The van der Waals surface area contributed by atoms with Gasteiger partial charge in [0.1, 0.15) is 16.9 Å². The van der Waals surface area contributed by atoms with Crippen LogP contribution in [0.25, 0.3) is 105 Å². The summed E-state index contributed by atoms with van der Waals surface area (Å²) in [5.74, 6) is 0.861. The largest absolute Gasteiger partial charge is 0.456 e. The standard InChI is InChI=1S/C42H23N3O/c1-2-9-25-22-39-34(21-24(25)8-1)29-18-16-27(23-38(29)46-39)26-17-19-37-33(20-26)32-13-7-12-31-28-10-3-4-11-30(28)40-42(45(37)41(31)32)44-36-15-6-5-14-35(36)43-40/h1-23H. The highest BCUT2D eigenvalue weighted by Crippen LogP contribution is 2.46. The van der Waals surface area contributed by atoms with Crippen LogP contribution in [0.3, 0.4) is 0 Å². The number of fused-ring (bicyclic) bond motifs is 13. The zero-order valence-electron chi connectivity index (χ0n) is 24.5. The first kappa shape index (κ1) is 24.1. The summed E-state index contributed by atoms with van der Waals surface area (Å²) >= 11 is 0. The molecular formula is C42H23N3O. The molecule has 3 aromatic heterocycles. The summed E-state index contributed by atoms with van der Waals surface area (Å²) in [4.78, 5) is 10.5. The highest BCUT2D eigenvalue weighted by Gasteiger charge is 2.26. The molecule has 0 unspecified atom stereocenters. The van der Waals surface area contributed by atoms with Crippen LogP contribution in [-0.2, 0) is 0 Å². The Morgan fingerprint density at radius 3 is 2.04 bits per heavy atom. The van der Waals surface area contributed by atoms with Gasteiger partial charge in [0.15, 0.2) is 5.82 Å². The van der Waals surface area contributed by atoms with Gasteiger partial charge in [-0.05, 0) is 76.0 Å². The molecule has 0 N–H and O–H groups in total. The monoisotopic (exact) mass is 585 g/mol. The van der Waals surface area contributed by atoms with E-state index >= 15 is 0 Å². The lowest BCUT2D eigenvalue weighted by Gasteiger charge is -2.12. The van der Waals surface area contributed by atoms with Gasteiger partial charge in [0.25, 0.3) is 0 Å². The van der Waals surface area contributed by atoms with Gasteiger partial charge in [0.2, 0.25) is 0 Å². The Morgan fingerprint density at radius 1 is 0.457 bits per heavy atom. The molecule has 1 aliphatic rings. The quantitative estimate of drug-likeness (QED) is 0.192. The zero-order chi connectivity index (χ0) is 29.9. The second-order valence-corrected chi connectivity index (χ2v) is 12.2. The van der Waals surface area contributed by atoms with E-state index in [-0.39, 0.29) is 0 Å². The SMILES string of the molecule is c1ccc2c(c1)-c1nc3ccccc3nc1-n1c3ccc(-c4ccc5c(c4)oc4cc6ccccc6cc45)cc3c3cccc-2c31. The molecule has 10 aromatic rings. The molecule has 4 nitrogen and oxygen atoms in total. The van der Waals surface area contributed by atoms with Gasteiger partial charge in [-0.3, -0.25) is 4.57 Å². The summed E-state index contributed by atoms with van der Waals surface area (Å²) < 4.78 is 8.75. The third-order valence-electron chi connectivity index (χ3n) is 9.70. The van der Waals surface area contributed by atoms with E-state index in [0.717, 1.165) is 72.2 Å². The Morgan fingerprint density at radius 2 is 1.15 bits per heavy atom. The zero-order valence-corrected chi connectivity index (χ0v) is 24.5. The fourth-order valence-corrected chi connectivity index (χ4v) is 7.58. The van der Waals surface area contributed by atoms with E-state index in [4.69, 9.17) is 14.4 Å². The molecule has 0 fully saturated rings. The number of nitrogens with zero attached hydrogens (tertiary/aromatic N) is 3. The number of aromatic nitrogens is 3. The number of furan rings is 1. The van der Waals surface area contributed by atoms with Crippen molar-refractivity contribution >= 4 is 65.6 Å². The van der Waals surface area contributed by atoms with Gasteiger partial charge in [0.05, 0.1) is 22.1 Å². The number of para-hydroxylation sites is 3. The van der Waals surface area contributed by atoms with Crippen molar-refractivity contribution in [1.29, 1.82) is 0 Å². The van der Waals surface area contributed by atoms with Crippen molar-refractivity contribution < 1.29 is 4.42 Å². The van der Waals surface area contributed by atoms with Crippen molar-refractivity contribution in [2.45, 2.75) is 0 Å². The highest BCUT2D eigenvalue weighted by atomic mass is 16.3. The minimum absolute atomic E-state index is 0.861. The lowest BCUT2D eigenvalue weighted by Crippen LogP contribution is -2.02. The van der Waals surface area contributed by atoms with E-state index in [1.165, 1.54) is 32.7 Å². The summed E-state index contributed by atoms with van der Waals surface area (Å²) in [6.07, 6.45) is 0. The Labute approximate surface area is 262 Å². The second-order valence-electron chi connectivity index (χ2n) is 12.2. The van der Waals surface area contributed by atoms with Gasteiger partial charge in [-0.25, -0.2) is 9.97 Å². The van der Waals surface area contributed by atoms with Crippen LogP contribution in [0, 0.1) is 0 Å². The summed E-state index contributed by atoms with van der Waals surface area (Å²) in [6, 6.07) is 49.5. The summed E-state index contributed by atoms with van der Waals surface area (Å²) in [5, 5.41) is 7.07. The van der Waals surface area contributed by atoms with E-state index in [9.17, 15) is 0 Å². The van der Waals surface area contributed by atoms with Gasteiger partial charge in [-0.15, -0.1) is 0 Å². The topological polar surface area (TPSA) is 43.9 Å². The van der Waals surface area contributed by atoms with Crippen molar-refractivity contribution in [3.63, 3.8) is 0 Å². The van der Waals surface area contributed by atoms with Crippen LogP contribution >= 0.6 is 0 Å². The fourth-order valence-electron chi connectivity index (χ4n) is 7.58. The normalized spacial score (nSPS) is 12.3. The van der Waals surface area contributed by atoms with Gasteiger partial charge >= 0.3 is 0 Å². The number of hydrogen-bond acceptors (Lipinski definition) is 3. The minimum atomic E-state index is 0.861. The maximum Gasteiger partial charge on any atom is 0.165 e. The Kier molecular flexibility index (Phi) is 4.55. The number of hydrogen-bond donors (Lipinski definition) is 0. The van der Waals surface area contributed by atoms with Crippen LogP contribution < -0.4 is 0 Å². The lowest BCUT2D eigenvalue weighted by atomic mass is 9.96. The van der Waals surface area contributed by atoms with Crippen LogP contribution in [0.5, 0.6) is 0 Å². The molecule has 46 heavy (non-hydrogen) atoms. The van der Waals surface area contributed by atoms with Gasteiger partial charge < -0.3 is 4.42 Å². The average Bonchev–Trinajstić information content (AvgIpc) is 3.60.